The van der Waals surface area contributed by atoms with Crippen molar-refractivity contribution >= 4 is 0 Å². The smallest absolute Gasteiger partial charge is 0.0213 e. The summed E-state index contributed by atoms with van der Waals surface area (Å²) in [5.74, 6) is 16.5. The van der Waals surface area contributed by atoms with Crippen LogP contribution >= 0.6 is 0 Å². The van der Waals surface area contributed by atoms with Crippen LogP contribution in [-0.4, -0.2) is 47.1 Å². The van der Waals surface area contributed by atoms with Crippen molar-refractivity contribution in [1.29, 1.82) is 0 Å². The molecule has 60 heavy (non-hydrogen) atoms. The molecule has 0 aromatic rings. The minimum atomic E-state index is 0.551. The molecular weight excluding hydrogens is 725 g/mol. The molecule has 5 fully saturated rings. The van der Waals surface area contributed by atoms with E-state index in [0.29, 0.717) is 11.8 Å². The van der Waals surface area contributed by atoms with E-state index >= 15 is 0 Å². The second kappa shape index (κ2) is 31.8. The Morgan fingerprint density at radius 1 is 0.283 bits per heavy atom. The van der Waals surface area contributed by atoms with Crippen molar-refractivity contribution in [2.45, 2.75) is 320 Å². The van der Waals surface area contributed by atoms with Gasteiger partial charge in [-0.3, -0.25) is 4.90 Å². The van der Waals surface area contributed by atoms with E-state index in [1.807, 2.05) is 0 Å². The Hall–Kier alpha value is -0.960. The molecule has 0 heterocycles. The standard InChI is InChI=1S/C58H102N2/c1-51-34-18-10-9-15-25-49-58(50-51)60(56-45-22-13-7-4-8-14-23-46-56)57-47-24-17-16-19-35-52(40-30-33-48-57)36-26-27-37-53-38-28-31-43-55(44-32-29-39-53)59(2)54-41-20-11-5-3-6-12-21-42-54/h51-58H,3-25,28-35,38-50H2,1-2H3. The Morgan fingerprint density at radius 2 is 0.533 bits per heavy atom. The monoisotopic (exact) mass is 827 g/mol. The molecule has 0 spiro atoms. The summed E-state index contributed by atoms with van der Waals surface area (Å²) in [6, 6.07) is 4.08. The lowest BCUT2D eigenvalue weighted by molar-refractivity contribution is 0.0334. The first-order valence-corrected chi connectivity index (χ1v) is 28.2. The number of rotatable bonds is 5. The first-order chi connectivity index (χ1) is 29.7. The summed E-state index contributed by atoms with van der Waals surface area (Å²) < 4.78 is 0. The van der Waals surface area contributed by atoms with Crippen LogP contribution in [0.1, 0.15) is 289 Å². The minimum Gasteiger partial charge on any atom is -0.300 e. The van der Waals surface area contributed by atoms with Gasteiger partial charge >= 0.3 is 0 Å². The van der Waals surface area contributed by atoms with E-state index in [1.54, 1.807) is 0 Å². The molecule has 0 N–H and O–H groups in total. The quantitative estimate of drug-likeness (QED) is 0.255. The topological polar surface area (TPSA) is 6.48 Å². The summed E-state index contributed by atoms with van der Waals surface area (Å²) >= 11 is 0. The predicted octanol–water partition coefficient (Wildman–Crippen LogP) is 17.2. The van der Waals surface area contributed by atoms with Gasteiger partial charge in [-0.2, -0.15) is 0 Å². The molecule has 0 amide bonds. The molecule has 344 valence electrons. The summed E-state index contributed by atoms with van der Waals surface area (Å²) in [6.45, 7) is 2.61. The predicted molar refractivity (Wildman–Crippen MR) is 263 cm³/mol. The lowest BCUT2D eigenvalue weighted by atomic mass is 9.85. The van der Waals surface area contributed by atoms with Gasteiger partial charge in [-0.1, -0.05) is 211 Å². The third-order valence-electron chi connectivity index (χ3n) is 16.9. The molecule has 5 aliphatic carbocycles. The maximum absolute atomic E-state index is 3.78. The van der Waals surface area contributed by atoms with E-state index in [2.05, 4.69) is 47.5 Å². The Labute approximate surface area is 376 Å². The van der Waals surface area contributed by atoms with Crippen molar-refractivity contribution in [2.24, 2.45) is 17.8 Å². The van der Waals surface area contributed by atoms with E-state index in [9.17, 15) is 0 Å². The van der Waals surface area contributed by atoms with Crippen molar-refractivity contribution in [3.05, 3.63) is 0 Å². The third-order valence-corrected chi connectivity index (χ3v) is 16.9. The summed E-state index contributed by atoms with van der Waals surface area (Å²) in [6.07, 6.45) is 62.8. The van der Waals surface area contributed by atoms with E-state index in [1.165, 1.54) is 283 Å². The maximum Gasteiger partial charge on any atom is 0.0213 e. The fourth-order valence-corrected chi connectivity index (χ4v) is 13.1. The molecule has 0 aromatic heterocycles. The van der Waals surface area contributed by atoms with Crippen molar-refractivity contribution in [1.82, 2.24) is 9.80 Å². The summed E-state index contributed by atoms with van der Waals surface area (Å²) in [5.41, 5.74) is 0. The Balaban J connectivity index is 1.14. The van der Waals surface area contributed by atoms with E-state index in [-0.39, 0.29) is 0 Å². The van der Waals surface area contributed by atoms with Gasteiger partial charge in [0.15, 0.2) is 0 Å². The first-order valence-electron chi connectivity index (χ1n) is 28.2. The van der Waals surface area contributed by atoms with Crippen molar-refractivity contribution < 1.29 is 0 Å². The van der Waals surface area contributed by atoms with Gasteiger partial charge < -0.3 is 4.90 Å². The Bertz CT molecular complexity index is 1150. The molecule has 5 saturated carbocycles. The molecule has 4 unspecified atom stereocenters. The fraction of sp³-hybridized carbons (Fsp3) is 0.931. The van der Waals surface area contributed by atoms with E-state index in [0.717, 1.165) is 36.1 Å². The highest BCUT2D eigenvalue weighted by Gasteiger charge is 2.33. The van der Waals surface area contributed by atoms with Crippen LogP contribution in [0.5, 0.6) is 0 Å². The van der Waals surface area contributed by atoms with Gasteiger partial charge in [0, 0.05) is 42.0 Å². The summed E-state index contributed by atoms with van der Waals surface area (Å²) in [7, 11) is 2.50. The van der Waals surface area contributed by atoms with Crippen LogP contribution < -0.4 is 0 Å². The van der Waals surface area contributed by atoms with Crippen molar-refractivity contribution in [3.8, 4) is 23.7 Å². The van der Waals surface area contributed by atoms with E-state index < -0.39 is 0 Å². The van der Waals surface area contributed by atoms with Crippen LogP contribution in [0.3, 0.4) is 0 Å². The first kappa shape index (κ1) is 50.0. The van der Waals surface area contributed by atoms with Gasteiger partial charge in [-0.15, -0.1) is 0 Å². The van der Waals surface area contributed by atoms with Crippen LogP contribution in [0.2, 0.25) is 0 Å². The van der Waals surface area contributed by atoms with Crippen LogP contribution in [0, 0.1) is 41.4 Å². The molecule has 4 atom stereocenters. The van der Waals surface area contributed by atoms with Crippen LogP contribution in [0.25, 0.3) is 0 Å². The third kappa shape index (κ3) is 20.3. The second-order valence-corrected chi connectivity index (χ2v) is 21.9. The van der Waals surface area contributed by atoms with Gasteiger partial charge in [0.2, 0.25) is 0 Å². The van der Waals surface area contributed by atoms with Crippen LogP contribution in [0.15, 0.2) is 0 Å². The number of nitrogens with zero attached hydrogens (tertiary/aromatic N) is 2. The van der Waals surface area contributed by atoms with Gasteiger partial charge in [0.1, 0.15) is 0 Å². The van der Waals surface area contributed by atoms with Gasteiger partial charge in [-0.05, 0) is 115 Å². The molecule has 0 aliphatic heterocycles. The Morgan fingerprint density at radius 3 is 0.900 bits per heavy atom. The average molecular weight is 827 g/mol. The molecule has 0 radical (unpaired) electrons. The lowest BCUT2D eigenvalue weighted by Gasteiger charge is -2.46. The molecular formula is C58H102N2. The van der Waals surface area contributed by atoms with Crippen molar-refractivity contribution in [3.63, 3.8) is 0 Å². The molecule has 2 heteroatoms. The number of hydrogen-bond acceptors (Lipinski definition) is 2. The zero-order chi connectivity index (χ0) is 41.7. The lowest BCUT2D eigenvalue weighted by Crippen LogP contribution is -2.50. The molecule has 0 aromatic carbocycles. The van der Waals surface area contributed by atoms with Crippen LogP contribution in [0.4, 0.5) is 0 Å². The molecule has 5 rings (SSSR count). The highest BCUT2D eigenvalue weighted by Crippen LogP contribution is 2.35. The molecule has 0 saturated heterocycles. The molecule has 5 aliphatic rings. The largest absolute Gasteiger partial charge is 0.300 e. The van der Waals surface area contributed by atoms with Gasteiger partial charge in [-0.25, -0.2) is 0 Å². The fourth-order valence-electron chi connectivity index (χ4n) is 13.1. The highest BCUT2D eigenvalue weighted by atomic mass is 15.2. The Kier molecular flexibility index (Phi) is 26.5. The molecule has 0 bridgehead atoms. The zero-order valence-corrected chi connectivity index (χ0v) is 40.6. The average Bonchev–Trinajstić information content (AvgIpc) is 3.26. The summed E-state index contributed by atoms with van der Waals surface area (Å²) in [5, 5.41) is 0. The summed E-state index contributed by atoms with van der Waals surface area (Å²) in [4.78, 5) is 6.17. The second-order valence-electron chi connectivity index (χ2n) is 21.9. The van der Waals surface area contributed by atoms with Crippen molar-refractivity contribution in [2.75, 3.05) is 7.05 Å². The number of hydrogen-bond donors (Lipinski definition) is 0. The minimum absolute atomic E-state index is 0.551. The van der Waals surface area contributed by atoms with Gasteiger partial charge in [0.25, 0.3) is 0 Å². The molecule has 2 nitrogen and oxygen atoms in total. The SMILES string of the molecule is CC1CCCCCCCC(N(C2CCCCCCCCC2)C2CCCCCCC(C#CC#CC3CCCCC(N(C)C4CCCCCCCCC4)CCCC3)CCCC2)C1. The van der Waals surface area contributed by atoms with Crippen LogP contribution in [-0.2, 0) is 0 Å². The maximum atomic E-state index is 3.78. The normalized spacial score (nSPS) is 31.5. The highest BCUT2D eigenvalue weighted by molar-refractivity contribution is 5.27. The zero-order valence-electron chi connectivity index (χ0n) is 40.6. The van der Waals surface area contributed by atoms with E-state index in [4.69, 9.17) is 0 Å². The van der Waals surface area contributed by atoms with Gasteiger partial charge in [0.05, 0.1) is 0 Å².